The molecule has 0 spiro atoms. The fourth-order valence-electron chi connectivity index (χ4n) is 10.3. The zero-order valence-corrected chi connectivity index (χ0v) is 36.5. The number of nitrogens with zero attached hydrogens (tertiary/aromatic N) is 2. The summed E-state index contributed by atoms with van der Waals surface area (Å²) in [6.07, 6.45) is 0. The van der Waals surface area contributed by atoms with E-state index in [1.54, 1.807) is 0 Å². The molecule has 0 saturated heterocycles. The number of rotatable bonds is 8. The average Bonchev–Trinajstić information content (AvgIpc) is 3.82. The van der Waals surface area contributed by atoms with E-state index >= 15 is 0 Å². The van der Waals surface area contributed by atoms with Crippen molar-refractivity contribution >= 4 is 38.9 Å². The molecule has 0 aliphatic heterocycles. The van der Waals surface area contributed by atoms with Gasteiger partial charge in [0.05, 0.1) is 11.0 Å². The molecular formula is C63H46N2. The average molecular weight is 831 g/mol. The lowest BCUT2D eigenvalue weighted by molar-refractivity contribution is 0.660. The van der Waals surface area contributed by atoms with Crippen molar-refractivity contribution in [2.45, 2.75) is 19.3 Å². The Kier molecular flexibility index (Phi) is 9.21. The Bertz CT molecular complexity index is 3480. The van der Waals surface area contributed by atoms with Gasteiger partial charge in [0.1, 0.15) is 0 Å². The molecule has 308 valence electrons. The van der Waals surface area contributed by atoms with Gasteiger partial charge < -0.3 is 9.47 Å². The minimum Gasteiger partial charge on any atom is -0.310 e. The van der Waals surface area contributed by atoms with Gasteiger partial charge in [-0.3, -0.25) is 0 Å². The lowest BCUT2D eigenvalue weighted by Crippen LogP contribution is -2.14. The standard InChI is InChI=1S/C63H46N2/c1-63(2)59-30-13-12-29-55(59)57-42-54(33-35-60(57)63)65-61-36-32-49(40-58(61)56-34-31-50(41-62(56)65)45-21-10-5-11-22-45)48-25-16-28-53(39-48)64(51-26-14-23-46(37-51)43-17-6-3-7-18-43)52-27-15-24-47(38-52)44-19-8-4-9-20-44/h3-42H,1-2H3. The Morgan fingerprint density at radius 2 is 0.769 bits per heavy atom. The zero-order chi connectivity index (χ0) is 43.5. The van der Waals surface area contributed by atoms with Crippen molar-refractivity contribution in [2.24, 2.45) is 0 Å². The van der Waals surface area contributed by atoms with Crippen LogP contribution in [0.5, 0.6) is 0 Å². The van der Waals surface area contributed by atoms with Crippen LogP contribution in [0.3, 0.4) is 0 Å². The molecule has 0 amide bonds. The molecule has 0 bridgehead atoms. The van der Waals surface area contributed by atoms with Gasteiger partial charge in [-0.05, 0) is 133 Å². The maximum atomic E-state index is 2.48. The monoisotopic (exact) mass is 830 g/mol. The van der Waals surface area contributed by atoms with Gasteiger partial charge in [-0.2, -0.15) is 0 Å². The molecule has 1 aromatic heterocycles. The number of hydrogen-bond acceptors (Lipinski definition) is 1. The molecule has 12 rings (SSSR count). The number of benzene rings is 10. The third kappa shape index (κ3) is 6.65. The molecule has 2 nitrogen and oxygen atoms in total. The summed E-state index contributed by atoms with van der Waals surface area (Å²) in [5.74, 6) is 0. The summed E-state index contributed by atoms with van der Waals surface area (Å²) >= 11 is 0. The van der Waals surface area contributed by atoms with Crippen LogP contribution in [-0.2, 0) is 5.41 Å². The van der Waals surface area contributed by atoms with Gasteiger partial charge in [-0.15, -0.1) is 0 Å². The summed E-state index contributed by atoms with van der Waals surface area (Å²) in [7, 11) is 0. The Morgan fingerprint density at radius 3 is 1.35 bits per heavy atom. The molecule has 0 fully saturated rings. The predicted molar refractivity (Wildman–Crippen MR) is 275 cm³/mol. The fraction of sp³-hybridized carbons (Fsp3) is 0.0476. The molecule has 65 heavy (non-hydrogen) atoms. The van der Waals surface area contributed by atoms with Crippen molar-refractivity contribution in [3.8, 4) is 61.3 Å². The fourth-order valence-corrected chi connectivity index (χ4v) is 10.3. The highest BCUT2D eigenvalue weighted by Crippen LogP contribution is 2.50. The highest BCUT2D eigenvalue weighted by atomic mass is 15.1. The van der Waals surface area contributed by atoms with Crippen LogP contribution in [0, 0.1) is 0 Å². The van der Waals surface area contributed by atoms with E-state index in [0.717, 1.165) is 22.6 Å². The second-order valence-electron chi connectivity index (χ2n) is 17.8. The first-order valence-electron chi connectivity index (χ1n) is 22.6. The van der Waals surface area contributed by atoms with E-state index in [-0.39, 0.29) is 5.41 Å². The minimum atomic E-state index is -0.0554. The first-order valence-corrected chi connectivity index (χ1v) is 22.6. The second kappa shape index (κ2) is 15.6. The van der Waals surface area contributed by atoms with Gasteiger partial charge in [-0.1, -0.05) is 190 Å². The molecule has 2 heteroatoms. The van der Waals surface area contributed by atoms with E-state index in [9.17, 15) is 0 Å². The highest BCUT2D eigenvalue weighted by Gasteiger charge is 2.35. The molecule has 11 aromatic rings. The quantitative estimate of drug-likeness (QED) is 0.148. The lowest BCUT2D eigenvalue weighted by atomic mass is 9.82. The summed E-state index contributed by atoms with van der Waals surface area (Å²) in [6, 6.07) is 88.9. The molecule has 1 aliphatic rings. The number of fused-ring (bicyclic) bond motifs is 6. The minimum absolute atomic E-state index is 0.0554. The van der Waals surface area contributed by atoms with Gasteiger partial charge in [-0.25, -0.2) is 0 Å². The molecule has 0 N–H and O–H groups in total. The van der Waals surface area contributed by atoms with Gasteiger partial charge in [0.2, 0.25) is 0 Å². The zero-order valence-electron chi connectivity index (χ0n) is 36.5. The third-order valence-electron chi connectivity index (χ3n) is 13.6. The number of aromatic nitrogens is 1. The van der Waals surface area contributed by atoms with Crippen LogP contribution in [0.25, 0.3) is 83.1 Å². The third-order valence-corrected chi connectivity index (χ3v) is 13.6. The highest BCUT2D eigenvalue weighted by molar-refractivity contribution is 6.11. The van der Waals surface area contributed by atoms with Crippen molar-refractivity contribution in [3.63, 3.8) is 0 Å². The Balaban J connectivity index is 1.02. The SMILES string of the molecule is CC1(C)c2ccccc2-c2cc(-n3c4ccc(-c5cccc(N(c6cccc(-c7ccccc7)c6)c6cccc(-c7ccccc7)c6)c5)cc4c4ccc(-c5ccccc5)cc43)ccc21. The molecule has 1 aliphatic carbocycles. The van der Waals surface area contributed by atoms with E-state index in [1.807, 2.05) is 0 Å². The van der Waals surface area contributed by atoms with Crippen LogP contribution in [0.2, 0.25) is 0 Å². The smallest absolute Gasteiger partial charge is 0.0547 e. The van der Waals surface area contributed by atoms with Crippen LogP contribution < -0.4 is 4.90 Å². The molecule has 1 heterocycles. The van der Waals surface area contributed by atoms with E-state index < -0.39 is 0 Å². The van der Waals surface area contributed by atoms with Crippen molar-refractivity contribution in [3.05, 3.63) is 254 Å². The molecule has 0 atom stereocenters. The Hall–Kier alpha value is -8.20. The van der Waals surface area contributed by atoms with Crippen LogP contribution >= 0.6 is 0 Å². The Morgan fingerprint density at radius 1 is 0.308 bits per heavy atom. The molecule has 0 saturated carbocycles. The van der Waals surface area contributed by atoms with Crippen LogP contribution in [0.15, 0.2) is 243 Å². The van der Waals surface area contributed by atoms with Crippen molar-refractivity contribution in [1.29, 1.82) is 0 Å². The predicted octanol–water partition coefficient (Wildman–Crippen LogP) is 17.2. The maximum absolute atomic E-state index is 2.48. The van der Waals surface area contributed by atoms with Crippen molar-refractivity contribution < 1.29 is 0 Å². The maximum Gasteiger partial charge on any atom is 0.0547 e. The summed E-state index contributed by atoms with van der Waals surface area (Å²) < 4.78 is 2.48. The molecular weight excluding hydrogens is 785 g/mol. The topological polar surface area (TPSA) is 8.17 Å². The van der Waals surface area contributed by atoms with Crippen LogP contribution in [0.1, 0.15) is 25.0 Å². The van der Waals surface area contributed by atoms with Gasteiger partial charge >= 0.3 is 0 Å². The number of anilines is 3. The second-order valence-corrected chi connectivity index (χ2v) is 17.8. The first kappa shape index (κ1) is 38.5. The normalized spacial score (nSPS) is 12.6. The van der Waals surface area contributed by atoms with E-state index in [0.29, 0.717) is 0 Å². The van der Waals surface area contributed by atoms with Gasteiger partial charge in [0, 0.05) is 38.9 Å². The molecule has 10 aromatic carbocycles. The van der Waals surface area contributed by atoms with Gasteiger partial charge in [0.15, 0.2) is 0 Å². The molecule has 0 radical (unpaired) electrons. The summed E-state index contributed by atoms with van der Waals surface area (Å²) in [6.45, 7) is 4.70. The van der Waals surface area contributed by atoms with Crippen LogP contribution in [-0.4, -0.2) is 4.57 Å². The van der Waals surface area contributed by atoms with E-state index in [2.05, 4.69) is 266 Å². The van der Waals surface area contributed by atoms with E-state index in [1.165, 1.54) is 88.7 Å². The molecule has 0 unspecified atom stereocenters. The Labute approximate surface area is 381 Å². The van der Waals surface area contributed by atoms with Crippen molar-refractivity contribution in [2.75, 3.05) is 4.90 Å². The first-order chi connectivity index (χ1) is 32.0. The van der Waals surface area contributed by atoms with Crippen LogP contribution in [0.4, 0.5) is 17.1 Å². The van der Waals surface area contributed by atoms with E-state index in [4.69, 9.17) is 0 Å². The summed E-state index contributed by atoms with van der Waals surface area (Å²) in [4.78, 5) is 2.39. The summed E-state index contributed by atoms with van der Waals surface area (Å²) in [5.41, 5.74) is 21.7. The largest absolute Gasteiger partial charge is 0.310 e. The number of hydrogen-bond donors (Lipinski definition) is 0. The van der Waals surface area contributed by atoms with Gasteiger partial charge in [0.25, 0.3) is 0 Å². The van der Waals surface area contributed by atoms with Crippen molar-refractivity contribution in [1.82, 2.24) is 4.57 Å². The summed E-state index contributed by atoms with van der Waals surface area (Å²) in [5, 5.41) is 2.46. The lowest BCUT2D eigenvalue weighted by Gasteiger charge is -2.27.